The molecule has 6 heteroatoms. The van der Waals surface area contributed by atoms with Gasteiger partial charge in [0.05, 0.1) is 0 Å². The summed E-state index contributed by atoms with van der Waals surface area (Å²) in [6, 6.07) is 6.57. The number of aromatic nitrogens is 1. The summed E-state index contributed by atoms with van der Waals surface area (Å²) in [5.74, 6) is -0.445. The number of carbonyl (C=O) groups excluding carboxylic acids is 1. The van der Waals surface area contributed by atoms with Crippen LogP contribution in [0.2, 0.25) is 0 Å². The minimum Gasteiger partial charge on any atom is -0.423 e. The molecule has 1 aromatic heterocycles. The second kappa shape index (κ2) is 4.73. The average molecular weight is 286 g/mol. The number of amides is 1. The Morgan fingerprint density at radius 3 is 2.67 bits per heavy atom. The number of nitrogens with zero attached hydrogens (tertiary/aromatic N) is 3. The van der Waals surface area contributed by atoms with Crippen LogP contribution in [0, 0.1) is 0 Å². The molecular weight excluding hydrogens is 268 g/mol. The molecular formula is C15H18N4O2. The van der Waals surface area contributed by atoms with Crippen molar-refractivity contribution in [3.05, 3.63) is 23.8 Å². The van der Waals surface area contributed by atoms with Gasteiger partial charge in [0.2, 0.25) is 5.91 Å². The van der Waals surface area contributed by atoms with E-state index in [2.05, 4.69) is 14.8 Å². The Balaban J connectivity index is 1.54. The Kier molecular flexibility index (Phi) is 2.85. The molecule has 6 nitrogen and oxygen atoms in total. The molecule has 2 N–H and O–H groups in total. The van der Waals surface area contributed by atoms with Crippen molar-refractivity contribution in [2.75, 3.05) is 31.1 Å². The Bertz CT molecular complexity index is 684. The van der Waals surface area contributed by atoms with Gasteiger partial charge in [0, 0.05) is 37.8 Å². The van der Waals surface area contributed by atoms with Gasteiger partial charge < -0.3 is 15.1 Å². The molecule has 2 heterocycles. The third-order valence-corrected chi connectivity index (χ3v) is 4.31. The van der Waals surface area contributed by atoms with Crippen molar-refractivity contribution in [2.45, 2.75) is 18.9 Å². The summed E-state index contributed by atoms with van der Waals surface area (Å²) in [4.78, 5) is 20.4. The molecule has 1 aromatic carbocycles. The van der Waals surface area contributed by atoms with Gasteiger partial charge in [0.15, 0.2) is 5.58 Å². The summed E-state index contributed by atoms with van der Waals surface area (Å²) in [7, 11) is 0. The molecule has 0 spiro atoms. The van der Waals surface area contributed by atoms with E-state index in [1.54, 1.807) is 18.2 Å². The molecule has 1 saturated heterocycles. The summed E-state index contributed by atoms with van der Waals surface area (Å²) in [6.45, 7) is 4.00. The van der Waals surface area contributed by atoms with E-state index in [0.717, 1.165) is 32.2 Å². The third kappa shape index (κ3) is 2.35. The summed E-state index contributed by atoms with van der Waals surface area (Å²) in [5, 5.41) is 0. The van der Waals surface area contributed by atoms with Crippen molar-refractivity contribution in [2.24, 2.45) is 5.73 Å². The number of nitrogens with two attached hydrogens (primary N) is 1. The lowest BCUT2D eigenvalue weighted by Crippen LogP contribution is -2.47. The fourth-order valence-corrected chi connectivity index (χ4v) is 2.92. The molecule has 2 fully saturated rings. The van der Waals surface area contributed by atoms with Gasteiger partial charge in [-0.2, -0.15) is 4.98 Å². The lowest BCUT2D eigenvalue weighted by Gasteiger charge is -2.33. The smallest absolute Gasteiger partial charge is 0.298 e. The highest BCUT2D eigenvalue weighted by molar-refractivity contribution is 5.96. The number of rotatable bonds is 3. The van der Waals surface area contributed by atoms with E-state index < -0.39 is 5.91 Å². The first-order valence-corrected chi connectivity index (χ1v) is 7.40. The van der Waals surface area contributed by atoms with Crippen LogP contribution in [0.25, 0.3) is 11.1 Å². The van der Waals surface area contributed by atoms with E-state index in [1.165, 1.54) is 12.8 Å². The molecule has 0 bridgehead atoms. The number of oxazole rings is 1. The number of hydrogen-bond acceptors (Lipinski definition) is 5. The number of fused-ring (bicyclic) bond motifs is 1. The summed E-state index contributed by atoms with van der Waals surface area (Å²) in [5.41, 5.74) is 7.13. The molecule has 1 amide bonds. The molecule has 21 heavy (non-hydrogen) atoms. The van der Waals surface area contributed by atoms with Gasteiger partial charge in [-0.25, -0.2) is 0 Å². The standard InChI is InChI=1S/C15H18N4O2/c16-14(20)10-1-4-13-12(9-10)17-15(21-13)19-7-5-18(6-8-19)11-2-3-11/h1,4,9,11H,2-3,5-8H2,(H2,16,20). The monoisotopic (exact) mass is 286 g/mol. The van der Waals surface area contributed by atoms with Crippen LogP contribution in [-0.4, -0.2) is 48.0 Å². The lowest BCUT2D eigenvalue weighted by molar-refractivity contribution is 0.100. The molecule has 1 aliphatic heterocycles. The van der Waals surface area contributed by atoms with Gasteiger partial charge in [-0.15, -0.1) is 0 Å². The fourth-order valence-electron chi connectivity index (χ4n) is 2.92. The van der Waals surface area contributed by atoms with Crippen LogP contribution in [0.5, 0.6) is 0 Å². The van der Waals surface area contributed by atoms with Crippen molar-refractivity contribution < 1.29 is 9.21 Å². The fraction of sp³-hybridized carbons (Fsp3) is 0.467. The highest BCUT2D eigenvalue weighted by atomic mass is 16.4. The van der Waals surface area contributed by atoms with E-state index in [1.807, 2.05) is 0 Å². The second-order valence-corrected chi connectivity index (χ2v) is 5.80. The lowest BCUT2D eigenvalue weighted by atomic mass is 10.2. The van der Waals surface area contributed by atoms with E-state index in [9.17, 15) is 4.79 Å². The maximum Gasteiger partial charge on any atom is 0.298 e. The molecule has 1 aliphatic carbocycles. The van der Waals surface area contributed by atoms with Crippen molar-refractivity contribution in [1.29, 1.82) is 0 Å². The van der Waals surface area contributed by atoms with Crippen molar-refractivity contribution in [3.8, 4) is 0 Å². The van der Waals surface area contributed by atoms with Gasteiger partial charge in [0.1, 0.15) is 5.52 Å². The molecule has 2 aromatic rings. The van der Waals surface area contributed by atoms with E-state index in [4.69, 9.17) is 10.2 Å². The van der Waals surface area contributed by atoms with Crippen LogP contribution in [0.15, 0.2) is 22.6 Å². The average Bonchev–Trinajstić information content (AvgIpc) is 3.25. The Morgan fingerprint density at radius 2 is 2.00 bits per heavy atom. The van der Waals surface area contributed by atoms with Crippen molar-refractivity contribution in [1.82, 2.24) is 9.88 Å². The minimum atomic E-state index is -0.445. The molecule has 4 rings (SSSR count). The quantitative estimate of drug-likeness (QED) is 0.918. The molecule has 110 valence electrons. The predicted molar refractivity (Wildman–Crippen MR) is 79.3 cm³/mol. The van der Waals surface area contributed by atoms with Crippen molar-refractivity contribution in [3.63, 3.8) is 0 Å². The first-order chi connectivity index (χ1) is 10.2. The van der Waals surface area contributed by atoms with Crippen LogP contribution in [0.1, 0.15) is 23.2 Å². The number of primary amides is 1. The van der Waals surface area contributed by atoms with E-state index in [0.29, 0.717) is 22.7 Å². The van der Waals surface area contributed by atoms with Gasteiger partial charge in [-0.3, -0.25) is 9.69 Å². The van der Waals surface area contributed by atoms with E-state index >= 15 is 0 Å². The maximum atomic E-state index is 11.2. The first kappa shape index (κ1) is 12.6. The van der Waals surface area contributed by atoms with Gasteiger partial charge in [-0.05, 0) is 31.0 Å². The van der Waals surface area contributed by atoms with Crippen LogP contribution in [0.4, 0.5) is 6.01 Å². The summed E-state index contributed by atoms with van der Waals surface area (Å²) in [6.07, 6.45) is 2.69. The molecule has 1 saturated carbocycles. The Morgan fingerprint density at radius 1 is 1.24 bits per heavy atom. The van der Waals surface area contributed by atoms with Crippen LogP contribution in [-0.2, 0) is 0 Å². The summed E-state index contributed by atoms with van der Waals surface area (Å²) >= 11 is 0. The van der Waals surface area contributed by atoms with Crippen molar-refractivity contribution >= 4 is 23.0 Å². The topological polar surface area (TPSA) is 75.6 Å². The Labute approximate surface area is 122 Å². The molecule has 2 aliphatic rings. The predicted octanol–water partition coefficient (Wildman–Crippen LogP) is 1.21. The van der Waals surface area contributed by atoms with Gasteiger partial charge in [-0.1, -0.05) is 0 Å². The second-order valence-electron chi connectivity index (χ2n) is 5.80. The number of anilines is 1. The number of benzene rings is 1. The molecule has 0 atom stereocenters. The number of piperazine rings is 1. The summed E-state index contributed by atoms with van der Waals surface area (Å²) < 4.78 is 5.80. The highest BCUT2D eigenvalue weighted by Crippen LogP contribution is 2.29. The number of carbonyl (C=O) groups is 1. The van der Waals surface area contributed by atoms with Gasteiger partial charge in [0.25, 0.3) is 6.01 Å². The minimum absolute atomic E-state index is 0.445. The zero-order valence-corrected chi connectivity index (χ0v) is 11.8. The highest BCUT2D eigenvalue weighted by Gasteiger charge is 2.32. The zero-order valence-electron chi connectivity index (χ0n) is 11.8. The van der Waals surface area contributed by atoms with Crippen LogP contribution < -0.4 is 10.6 Å². The van der Waals surface area contributed by atoms with E-state index in [-0.39, 0.29) is 0 Å². The molecule has 0 radical (unpaired) electrons. The van der Waals surface area contributed by atoms with Crippen LogP contribution >= 0.6 is 0 Å². The normalized spacial score (nSPS) is 20.1. The first-order valence-electron chi connectivity index (χ1n) is 7.40. The zero-order chi connectivity index (χ0) is 14.4. The van der Waals surface area contributed by atoms with Gasteiger partial charge >= 0.3 is 0 Å². The van der Waals surface area contributed by atoms with Crippen LogP contribution in [0.3, 0.4) is 0 Å². The third-order valence-electron chi connectivity index (χ3n) is 4.31. The largest absolute Gasteiger partial charge is 0.423 e. The Hall–Kier alpha value is -2.08. The maximum absolute atomic E-state index is 11.2. The molecule has 0 unspecified atom stereocenters. The SMILES string of the molecule is NC(=O)c1ccc2oc(N3CCN(C4CC4)CC3)nc2c1. The number of hydrogen-bond donors (Lipinski definition) is 1.